The van der Waals surface area contributed by atoms with Gasteiger partial charge in [-0.05, 0) is 31.9 Å². The normalized spacial score (nSPS) is 15.4. The van der Waals surface area contributed by atoms with Crippen molar-refractivity contribution in [3.8, 4) is 0 Å². The van der Waals surface area contributed by atoms with Gasteiger partial charge in [0.15, 0.2) is 0 Å². The average Bonchev–Trinajstić information content (AvgIpc) is 2.14. The predicted molar refractivity (Wildman–Crippen MR) is 52.2 cm³/mol. The van der Waals surface area contributed by atoms with Gasteiger partial charge < -0.3 is 0 Å². The topological polar surface area (TPSA) is 32.3 Å². The minimum atomic E-state index is -4.43. The van der Waals surface area contributed by atoms with Crippen LogP contribution in [-0.4, -0.2) is 11.4 Å². The SMILES string of the molecule is C=C/C(=C(C)\C(C)=C(/C)NO)C(F)(F)F. The molecule has 0 radical (unpaired) electrons. The van der Waals surface area contributed by atoms with E-state index in [1.807, 2.05) is 5.48 Å². The zero-order valence-corrected chi connectivity index (χ0v) is 8.87. The van der Waals surface area contributed by atoms with Gasteiger partial charge in [-0.3, -0.25) is 10.7 Å². The Bertz CT molecular complexity index is 313. The first-order valence-corrected chi connectivity index (χ1v) is 4.24. The summed E-state index contributed by atoms with van der Waals surface area (Å²) >= 11 is 0. The van der Waals surface area contributed by atoms with Crippen molar-refractivity contribution < 1.29 is 18.4 Å². The van der Waals surface area contributed by atoms with Gasteiger partial charge >= 0.3 is 6.18 Å². The minimum absolute atomic E-state index is 0.0385. The van der Waals surface area contributed by atoms with E-state index in [4.69, 9.17) is 5.21 Å². The average molecular weight is 221 g/mol. The van der Waals surface area contributed by atoms with Crippen LogP contribution in [0.1, 0.15) is 20.8 Å². The molecule has 15 heavy (non-hydrogen) atoms. The first-order valence-electron chi connectivity index (χ1n) is 4.24. The molecule has 0 saturated carbocycles. The lowest BCUT2D eigenvalue weighted by molar-refractivity contribution is -0.0888. The largest absolute Gasteiger partial charge is 0.416 e. The Hall–Kier alpha value is -1.23. The van der Waals surface area contributed by atoms with Crippen LogP contribution in [0.4, 0.5) is 13.2 Å². The van der Waals surface area contributed by atoms with Crippen LogP contribution in [0.15, 0.2) is 35.1 Å². The van der Waals surface area contributed by atoms with Crippen molar-refractivity contribution in [2.75, 3.05) is 0 Å². The van der Waals surface area contributed by atoms with E-state index in [2.05, 4.69) is 6.58 Å². The van der Waals surface area contributed by atoms with Crippen molar-refractivity contribution in [1.82, 2.24) is 5.48 Å². The van der Waals surface area contributed by atoms with E-state index in [0.717, 1.165) is 6.08 Å². The molecule has 0 aliphatic carbocycles. The van der Waals surface area contributed by atoms with E-state index in [0.29, 0.717) is 5.57 Å². The second-order valence-corrected chi connectivity index (χ2v) is 3.10. The summed E-state index contributed by atoms with van der Waals surface area (Å²) in [6.45, 7) is 7.44. The smallest absolute Gasteiger partial charge is 0.291 e. The summed E-state index contributed by atoms with van der Waals surface area (Å²) in [6.07, 6.45) is -3.66. The Kier molecular flexibility index (Phi) is 4.61. The van der Waals surface area contributed by atoms with E-state index in [1.54, 1.807) is 0 Å². The van der Waals surface area contributed by atoms with Crippen LogP contribution in [0, 0.1) is 0 Å². The molecule has 2 nitrogen and oxygen atoms in total. The van der Waals surface area contributed by atoms with Crippen molar-refractivity contribution in [3.05, 3.63) is 35.1 Å². The molecular weight excluding hydrogens is 207 g/mol. The Labute approximate surface area is 86.7 Å². The first kappa shape index (κ1) is 13.8. The highest BCUT2D eigenvalue weighted by molar-refractivity contribution is 5.41. The molecule has 0 rings (SSSR count). The maximum atomic E-state index is 12.5. The molecule has 0 spiro atoms. The van der Waals surface area contributed by atoms with Crippen LogP contribution in [0.25, 0.3) is 0 Å². The summed E-state index contributed by atoms with van der Waals surface area (Å²) in [6, 6.07) is 0. The number of rotatable bonds is 3. The van der Waals surface area contributed by atoms with Crippen molar-refractivity contribution in [2.24, 2.45) is 0 Å². The molecule has 0 bridgehead atoms. The van der Waals surface area contributed by atoms with Gasteiger partial charge in [0.1, 0.15) is 0 Å². The molecule has 0 atom stereocenters. The molecule has 0 heterocycles. The van der Waals surface area contributed by atoms with Gasteiger partial charge in [0.25, 0.3) is 0 Å². The molecule has 0 aromatic carbocycles. The zero-order chi connectivity index (χ0) is 12.2. The van der Waals surface area contributed by atoms with Crippen LogP contribution in [0.3, 0.4) is 0 Å². The summed E-state index contributed by atoms with van der Waals surface area (Å²) in [7, 11) is 0. The number of allylic oxidation sites excluding steroid dienone is 5. The molecule has 0 unspecified atom stereocenters. The summed E-state index contributed by atoms with van der Waals surface area (Å²) in [5, 5.41) is 8.57. The van der Waals surface area contributed by atoms with E-state index >= 15 is 0 Å². The molecule has 0 aliphatic rings. The quantitative estimate of drug-likeness (QED) is 0.566. The molecular formula is C10H14F3NO. The fourth-order valence-corrected chi connectivity index (χ4v) is 1.05. The third-order valence-corrected chi connectivity index (χ3v) is 2.21. The summed E-state index contributed by atoms with van der Waals surface area (Å²) in [4.78, 5) is 0. The van der Waals surface area contributed by atoms with Crippen LogP contribution < -0.4 is 5.48 Å². The predicted octanol–water partition coefficient (Wildman–Crippen LogP) is 3.32. The van der Waals surface area contributed by atoms with E-state index in [-0.39, 0.29) is 11.3 Å². The van der Waals surface area contributed by atoms with Gasteiger partial charge in [0.2, 0.25) is 0 Å². The van der Waals surface area contributed by atoms with Crippen molar-refractivity contribution >= 4 is 0 Å². The summed E-state index contributed by atoms with van der Waals surface area (Å²) in [5.74, 6) is 0. The molecule has 0 aromatic rings. The van der Waals surface area contributed by atoms with Crippen LogP contribution in [0.2, 0.25) is 0 Å². The van der Waals surface area contributed by atoms with Gasteiger partial charge in [-0.25, -0.2) is 0 Å². The van der Waals surface area contributed by atoms with E-state index in [9.17, 15) is 13.2 Å². The Morgan fingerprint density at radius 2 is 1.67 bits per heavy atom. The highest BCUT2D eigenvalue weighted by Gasteiger charge is 2.33. The lowest BCUT2D eigenvalue weighted by Crippen LogP contribution is -2.14. The maximum absolute atomic E-state index is 12.5. The van der Waals surface area contributed by atoms with E-state index in [1.165, 1.54) is 20.8 Å². The molecule has 0 saturated heterocycles. The van der Waals surface area contributed by atoms with E-state index < -0.39 is 11.7 Å². The number of halogens is 3. The third kappa shape index (κ3) is 3.43. The van der Waals surface area contributed by atoms with Gasteiger partial charge in [-0.1, -0.05) is 12.7 Å². The third-order valence-electron chi connectivity index (χ3n) is 2.21. The zero-order valence-electron chi connectivity index (χ0n) is 8.87. The Morgan fingerprint density at radius 3 is 1.93 bits per heavy atom. The van der Waals surface area contributed by atoms with Gasteiger partial charge in [-0.15, -0.1) is 0 Å². The molecule has 5 heteroatoms. The second-order valence-electron chi connectivity index (χ2n) is 3.10. The van der Waals surface area contributed by atoms with Crippen molar-refractivity contribution in [1.29, 1.82) is 0 Å². The standard InChI is InChI=1S/C10H14F3NO/c1-5-9(10(11,12)13)7(3)6(2)8(4)14-15/h5,14-15H,1H2,2-4H3/b8-6+,9-7+. The van der Waals surface area contributed by atoms with Crippen LogP contribution in [-0.2, 0) is 0 Å². The Balaban J connectivity index is 5.52. The molecule has 0 amide bonds. The maximum Gasteiger partial charge on any atom is 0.416 e. The van der Waals surface area contributed by atoms with Crippen LogP contribution >= 0.6 is 0 Å². The highest BCUT2D eigenvalue weighted by atomic mass is 19.4. The number of hydrogen-bond acceptors (Lipinski definition) is 2. The summed E-state index contributed by atoms with van der Waals surface area (Å²) < 4.78 is 37.4. The number of hydroxylamine groups is 1. The van der Waals surface area contributed by atoms with Gasteiger partial charge in [0.05, 0.1) is 5.57 Å². The summed E-state index contributed by atoms with van der Waals surface area (Å²) in [5.41, 5.74) is 1.67. The minimum Gasteiger partial charge on any atom is -0.291 e. The van der Waals surface area contributed by atoms with Crippen molar-refractivity contribution in [2.45, 2.75) is 26.9 Å². The fraction of sp³-hybridized carbons (Fsp3) is 0.400. The fourth-order valence-electron chi connectivity index (χ4n) is 1.05. The number of alkyl halides is 3. The van der Waals surface area contributed by atoms with Gasteiger partial charge in [0, 0.05) is 5.70 Å². The molecule has 0 aliphatic heterocycles. The monoisotopic (exact) mass is 221 g/mol. The van der Waals surface area contributed by atoms with Crippen molar-refractivity contribution in [3.63, 3.8) is 0 Å². The first-order chi connectivity index (χ1) is 6.75. The molecule has 86 valence electrons. The lowest BCUT2D eigenvalue weighted by Gasteiger charge is -2.14. The van der Waals surface area contributed by atoms with Gasteiger partial charge in [-0.2, -0.15) is 13.2 Å². The molecule has 0 fully saturated rings. The number of hydrogen-bond donors (Lipinski definition) is 2. The molecule has 2 N–H and O–H groups in total. The molecule has 0 aromatic heterocycles. The lowest BCUT2D eigenvalue weighted by atomic mass is 10.0. The Morgan fingerprint density at radius 1 is 1.20 bits per heavy atom. The highest BCUT2D eigenvalue weighted by Crippen LogP contribution is 2.31. The second kappa shape index (κ2) is 5.02. The number of nitrogens with one attached hydrogen (secondary N) is 1. The van der Waals surface area contributed by atoms with Crippen LogP contribution in [0.5, 0.6) is 0 Å².